The lowest BCUT2D eigenvalue weighted by atomic mass is 10.1. The summed E-state index contributed by atoms with van der Waals surface area (Å²) in [6, 6.07) is 9.40. The minimum Gasteiger partial charge on any atom is -0.306 e. The van der Waals surface area contributed by atoms with Gasteiger partial charge in [-0.1, -0.05) is 29.8 Å². The number of hydrogen-bond acceptors (Lipinski definition) is 2. The second-order valence-electron chi connectivity index (χ2n) is 4.35. The lowest BCUT2D eigenvalue weighted by Gasteiger charge is -2.17. The molecule has 2 rings (SSSR count). The molecule has 102 valence electrons. The molecule has 2 aromatic rings. The summed E-state index contributed by atoms with van der Waals surface area (Å²) in [4.78, 5) is 2.59. The van der Waals surface area contributed by atoms with Crippen molar-refractivity contribution in [2.75, 3.05) is 6.54 Å². The first-order chi connectivity index (χ1) is 9.13. The van der Waals surface area contributed by atoms with E-state index in [1.54, 1.807) is 17.4 Å². The molecule has 1 N–H and O–H groups in total. The quantitative estimate of drug-likeness (QED) is 0.814. The van der Waals surface area contributed by atoms with Crippen molar-refractivity contribution >= 4 is 27.3 Å². The van der Waals surface area contributed by atoms with Crippen molar-refractivity contribution in [2.24, 2.45) is 0 Å². The minimum absolute atomic E-state index is 0.0577. The van der Waals surface area contributed by atoms with Gasteiger partial charge in [0, 0.05) is 14.2 Å². The van der Waals surface area contributed by atoms with Crippen LogP contribution in [0.4, 0.5) is 4.39 Å². The number of rotatable bonds is 5. The number of thiophene rings is 1. The van der Waals surface area contributed by atoms with Crippen molar-refractivity contribution in [2.45, 2.75) is 26.3 Å². The zero-order chi connectivity index (χ0) is 13.8. The van der Waals surface area contributed by atoms with Crippen LogP contribution in [0.15, 0.2) is 34.8 Å². The molecule has 0 aliphatic heterocycles. The van der Waals surface area contributed by atoms with E-state index < -0.39 is 0 Å². The number of halogens is 2. The van der Waals surface area contributed by atoms with Gasteiger partial charge in [0.15, 0.2) is 0 Å². The van der Waals surface area contributed by atoms with Gasteiger partial charge in [0.25, 0.3) is 0 Å². The summed E-state index contributed by atoms with van der Waals surface area (Å²) in [6.07, 6.45) is 1.04. The summed E-state index contributed by atoms with van der Waals surface area (Å²) >= 11 is 5.15. The van der Waals surface area contributed by atoms with E-state index in [1.165, 1.54) is 15.8 Å². The van der Waals surface area contributed by atoms with E-state index >= 15 is 0 Å². The van der Waals surface area contributed by atoms with Crippen LogP contribution in [0.2, 0.25) is 0 Å². The number of benzene rings is 1. The zero-order valence-electron chi connectivity index (χ0n) is 11.0. The highest BCUT2D eigenvalue weighted by atomic mass is 79.9. The van der Waals surface area contributed by atoms with E-state index in [0.29, 0.717) is 0 Å². The SMILES string of the molecule is CCNC(c1cc(F)cc(Br)c1)c1ccc(CC)s1. The second-order valence-corrected chi connectivity index (χ2v) is 6.47. The maximum absolute atomic E-state index is 13.6. The highest BCUT2D eigenvalue weighted by molar-refractivity contribution is 9.10. The molecule has 0 aliphatic carbocycles. The van der Waals surface area contributed by atoms with Crippen LogP contribution in [0.3, 0.4) is 0 Å². The first kappa shape index (κ1) is 14.7. The minimum atomic E-state index is -0.209. The van der Waals surface area contributed by atoms with Crippen molar-refractivity contribution in [3.05, 3.63) is 55.9 Å². The normalized spacial score (nSPS) is 12.6. The summed E-state index contributed by atoms with van der Waals surface area (Å²) in [5.74, 6) is -0.209. The van der Waals surface area contributed by atoms with E-state index in [0.717, 1.165) is 23.0 Å². The Morgan fingerprint density at radius 1 is 1.26 bits per heavy atom. The Morgan fingerprint density at radius 3 is 2.63 bits per heavy atom. The molecule has 0 saturated carbocycles. The largest absolute Gasteiger partial charge is 0.306 e. The fraction of sp³-hybridized carbons (Fsp3) is 0.333. The van der Waals surface area contributed by atoms with Gasteiger partial charge in [0.2, 0.25) is 0 Å². The predicted molar refractivity (Wildman–Crippen MR) is 83.3 cm³/mol. The Labute approximate surface area is 126 Å². The molecular weight excluding hydrogens is 325 g/mol. The Morgan fingerprint density at radius 2 is 2.05 bits per heavy atom. The standard InChI is InChI=1S/C15H17BrFNS/c1-3-13-5-6-14(19-13)15(18-4-2)10-7-11(16)9-12(17)8-10/h5-9,15,18H,3-4H2,1-2H3. The predicted octanol–water partition coefficient (Wildman–Crippen LogP) is 4.91. The van der Waals surface area contributed by atoms with Gasteiger partial charge in [0.05, 0.1) is 6.04 Å². The van der Waals surface area contributed by atoms with E-state index in [4.69, 9.17) is 0 Å². The van der Waals surface area contributed by atoms with E-state index in [2.05, 4.69) is 47.2 Å². The molecule has 0 bridgehead atoms. The molecule has 1 atom stereocenters. The van der Waals surface area contributed by atoms with Crippen molar-refractivity contribution < 1.29 is 4.39 Å². The summed E-state index contributed by atoms with van der Waals surface area (Å²) in [5.41, 5.74) is 0.957. The van der Waals surface area contributed by atoms with Crippen LogP contribution < -0.4 is 5.32 Å². The van der Waals surface area contributed by atoms with Gasteiger partial charge in [-0.3, -0.25) is 0 Å². The van der Waals surface area contributed by atoms with Crippen molar-refractivity contribution in [1.29, 1.82) is 0 Å². The van der Waals surface area contributed by atoms with E-state index in [9.17, 15) is 4.39 Å². The third-order valence-corrected chi connectivity index (χ3v) is 4.69. The van der Waals surface area contributed by atoms with Crippen LogP contribution in [0.5, 0.6) is 0 Å². The van der Waals surface area contributed by atoms with Crippen LogP contribution in [-0.2, 0) is 6.42 Å². The van der Waals surface area contributed by atoms with Gasteiger partial charge in [0.1, 0.15) is 5.82 Å². The number of nitrogens with one attached hydrogen (secondary N) is 1. The second kappa shape index (κ2) is 6.64. The van der Waals surface area contributed by atoms with Crippen molar-refractivity contribution in [1.82, 2.24) is 5.32 Å². The highest BCUT2D eigenvalue weighted by Gasteiger charge is 2.16. The number of hydrogen-bond donors (Lipinski definition) is 1. The fourth-order valence-electron chi connectivity index (χ4n) is 2.07. The molecular formula is C15H17BrFNS. The Balaban J connectivity index is 2.38. The summed E-state index contributed by atoms with van der Waals surface area (Å²) in [6.45, 7) is 5.06. The Hall–Kier alpha value is -0.710. The summed E-state index contributed by atoms with van der Waals surface area (Å²) in [7, 11) is 0. The Bertz CT molecular complexity index is 533. The lowest BCUT2D eigenvalue weighted by Crippen LogP contribution is -2.21. The average Bonchev–Trinajstić information content (AvgIpc) is 2.83. The monoisotopic (exact) mass is 341 g/mol. The van der Waals surface area contributed by atoms with Crippen LogP contribution in [0, 0.1) is 5.82 Å². The number of aryl methyl sites for hydroxylation is 1. The molecule has 1 heterocycles. The third kappa shape index (κ3) is 3.65. The first-order valence-electron chi connectivity index (χ1n) is 6.42. The van der Waals surface area contributed by atoms with E-state index in [1.807, 2.05) is 6.07 Å². The van der Waals surface area contributed by atoms with Crippen molar-refractivity contribution in [3.8, 4) is 0 Å². The smallest absolute Gasteiger partial charge is 0.124 e. The molecule has 1 aromatic heterocycles. The molecule has 0 fully saturated rings. The summed E-state index contributed by atoms with van der Waals surface area (Å²) < 4.78 is 14.3. The molecule has 0 spiro atoms. The molecule has 1 unspecified atom stereocenters. The van der Waals surface area contributed by atoms with Gasteiger partial charge in [-0.05, 0) is 48.9 Å². The fourth-order valence-corrected chi connectivity index (χ4v) is 3.61. The lowest BCUT2D eigenvalue weighted by molar-refractivity contribution is 0.606. The van der Waals surface area contributed by atoms with Crippen LogP contribution >= 0.6 is 27.3 Å². The van der Waals surface area contributed by atoms with Crippen LogP contribution in [-0.4, -0.2) is 6.54 Å². The van der Waals surface area contributed by atoms with Gasteiger partial charge in [-0.25, -0.2) is 4.39 Å². The van der Waals surface area contributed by atoms with Crippen molar-refractivity contribution in [3.63, 3.8) is 0 Å². The van der Waals surface area contributed by atoms with Crippen LogP contribution in [0.1, 0.15) is 35.2 Å². The van der Waals surface area contributed by atoms with Gasteiger partial charge >= 0.3 is 0 Å². The topological polar surface area (TPSA) is 12.0 Å². The highest BCUT2D eigenvalue weighted by Crippen LogP contribution is 2.30. The molecule has 1 aromatic carbocycles. The van der Waals surface area contributed by atoms with Gasteiger partial charge in [-0.15, -0.1) is 11.3 Å². The molecule has 0 amide bonds. The maximum Gasteiger partial charge on any atom is 0.124 e. The molecule has 4 heteroatoms. The summed E-state index contributed by atoms with van der Waals surface area (Å²) in [5, 5.41) is 3.43. The van der Waals surface area contributed by atoms with Gasteiger partial charge in [-0.2, -0.15) is 0 Å². The average molecular weight is 342 g/mol. The Kier molecular flexibility index (Phi) is 5.13. The zero-order valence-corrected chi connectivity index (χ0v) is 13.4. The van der Waals surface area contributed by atoms with E-state index in [-0.39, 0.29) is 11.9 Å². The van der Waals surface area contributed by atoms with Gasteiger partial charge < -0.3 is 5.32 Å². The molecule has 1 nitrogen and oxygen atoms in total. The molecule has 0 saturated heterocycles. The first-order valence-corrected chi connectivity index (χ1v) is 8.03. The molecule has 0 aliphatic rings. The molecule has 0 radical (unpaired) electrons. The molecule has 19 heavy (non-hydrogen) atoms. The maximum atomic E-state index is 13.6. The third-order valence-electron chi connectivity index (χ3n) is 2.94. The van der Waals surface area contributed by atoms with Crippen LogP contribution in [0.25, 0.3) is 0 Å².